The van der Waals surface area contributed by atoms with Crippen molar-refractivity contribution >= 4 is 23.2 Å². The van der Waals surface area contributed by atoms with Crippen molar-refractivity contribution in [2.45, 2.75) is 12.6 Å². The molecule has 0 aliphatic rings. The third-order valence-electron chi connectivity index (χ3n) is 3.68. The molecule has 1 atom stereocenters. The topological polar surface area (TPSA) is 89.3 Å². The van der Waals surface area contributed by atoms with E-state index in [2.05, 4.69) is 15.4 Å². The molecule has 1 heterocycles. The summed E-state index contributed by atoms with van der Waals surface area (Å²) in [6.45, 7) is 0.170. The van der Waals surface area contributed by atoms with Crippen molar-refractivity contribution in [3.8, 4) is 5.75 Å². The Bertz CT molecular complexity index is 895. The SMILES string of the molecule is COc1ccc([C@H](O)Cn2cnc(C(=O)Nc3cccc(Cl)c3)n2)cc1. The van der Waals surface area contributed by atoms with E-state index >= 15 is 0 Å². The van der Waals surface area contributed by atoms with Crippen LogP contribution in [-0.4, -0.2) is 32.9 Å². The Morgan fingerprint density at radius 1 is 1.31 bits per heavy atom. The monoisotopic (exact) mass is 372 g/mol. The second kappa shape index (κ2) is 7.99. The van der Waals surface area contributed by atoms with Crippen molar-refractivity contribution in [1.29, 1.82) is 0 Å². The summed E-state index contributed by atoms with van der Waals surface area (Å²) in [7, 11) is 1.58. The first kappa shape index (κ1) is 17.9. The van der Waals surface area contributed by atoms with Gasteiger partial charge in [0.05, 0.1) is 19.8 Å². The molecule has 0 spiro atoms. The fourth-order valence-corrected chi connectivity index (χ4v) is 2.54. The zero-order valence-electron chi connectivity index (χ0n) is 14.0. The Morgan fingerprint density at radius 2 is 2.08 bits per heavy atom. The minimum atomic E-state index is -0.786. The summed E-state index contributed by atoms with van der Waals surface area (Å²) in [5, 5.41) is 17.6. The number of aliphatic hydroxyl groups excluding tert-OH is 1. The van der Waals surface area contributed by atoms with E-state index in [0.717, 1.165) is 0 Å². The summed E-state index contributed by atoms with van der Waals surface area (Å²) in [6, 6.07) is 13.9. The second-order valence-electron chi connectivity index (χ2n) is 5.54. The van der Waals surface area contributed by atoms with E-state index in [9.17, 15) is 9.90 Å². The van der Waals surface area contributed by atoms with Gasteiger partial charge in [0.15, 0.2) is 0 Å². The number of nitrogens with zero attached hydrogens (tertiary/aromatic N) is 3. The van der Waals surface area contributed by atoms with Crippen LogP contribution in [0.2, 0.25) is 5.02 Å². The van der Waals surface area contributed by atoms with Crippen LogP contribution in [0.5, 0.6) is 5.75 Å². The van der Waals surface area contributed by atoms with Crippen LogP contribution in [0, 0.1) is 0 Å². The molecule has 0 saturated heterocycles. The van der Waals surface area contributed by atoms with Crippen LogP contribution in [0.4, 0.5) is 5.69 Å². The minimum absolute atomic E-state index is 0.00639. The number of carbonyl (C=O) groups is 1. The van der Waals surface area contributed by atoms with Crippen molar-refractivity contribution in [3.63, 3.8) is 0 Å². The Kier molecular flexibility index (Phi) is 5.50. The number of benzene rings is 2. The van der Waals surface area contributed by atoms with Gasteiger partial charge in [-0.25, -0.2) is 9.67 Å². The van der Waals surface area contributed by atoms with Gasteiger partial charge in [-0.15, -0.1) is 5.10 Å². The van der Waals surface area contributed by atoms with Gasteiger partial charge >= 0.3 is 0 Å². The third-order valence-corrected chi connectivity index (χ3v) is 3.92. The molecule has 0 fully saturated rings. The van der Waals surface area contributed by atoms with E-state index in [1.165, 1.54) is 11.0 Å². The van der Waals surface area contributed by atoms with E-state index in [0.29, 0.717) is 22.0 Å². The lowest BCUT2D eigenvalue weighted by Gasteiger charge is -2.11. The number of aliphatic hydroxyl groups is 1. The molecule has 0 bridgehead atoms. The smallest absolute Gasteiger partial charge is 0.295 e. The first-order valence-corrected chi connectivity index (χ1v) is 8.21. The number of hydrogen-bond acceptors (Lipinski definition) is 5. The molecular formula is C18H17ClN4O3. The van der Waals surface area contributed by atoms with Crippen molar-refractivity contribution in [1.82, 2.24) is 14.8 Å². The van der Waals surface area contributed by atoms with Crippen molar-refractivity contribution in [3.05, 3.63) is 71.3 Å². The third kappa shape index (κ3) is 4.38. The van der Waals surface area contributed by atoms with Crippen LogP contribution >= 0.6 is 11.6 Å². The lowest BCUT2D eigenvalue weighted by Crippen LogP contribution is -2.15. The van der Waals surface area contributed by atoms with Crippen LogP contribution < -0.4 is 10.1 Å². The van der Waals surface area contributed by atoms with Gasteiger partial charge in [0.1, 0.15) is 12.1 Å². The van der Waals surface area contributed by atoms with Gasteiger partial charge in [-0.2, -0.15) is 0 Å². The van der Waals surface area contributed by atoms with Gasteiger partial charge in [-0.3, -0.25) is 4.79 Å². The molecule has 0 saturated carbocycles. The molecule has 0 aliphatic heterocycles. The van der Waals surface area contributed by atoms with Crippen LogP contribution in [-0.2, 0) is 6.54 Å². The number of halogens is 1. The number of carbonyl (C=O) groups excluding carboxylic acids is 1. The summed E-state index contributed by atoms with van der Waals surface area (Å²) < 4.78 is 6.51. The van der Waals surface area contributed by atoms with E-state index in [1.807, 2.05) is 0 Å². The number of amides is 1. The van der Waals surface area contributed by atoms with E-state index in [1.54, 1.807) is 55.6 Å². The number of rotatable bonds is 6. The summed E-state index contributed by atoms with van der Waals surface area (Å²) >= 11 is 5.89. The Labute approximate surface area is 155 Å². The van der Waals surface area contributed by atoms with Gasteiger partial charge in [-0.1, -0.05) is 29.8 Å². The molecular weight excluding hydrogens is 356 g/mol. The number of aromatic nitrogens is 3. The molecule has 134 valence electrons. The Morgan fingerprint density at radius 3 is 2.77 bits per heavy atom. The molecule has 1 amide bonds. The normalized spacial score (nSPS) is 11.8. The lowest BCUT2D eigenvalue weighted by atomic mass is 10.1. The van der Waals surface area contributed by atoms with Gasteiger partial charge in [0, 0.05) is 10.7 Å². The highest BCUT2D eigenvalue weighted by molar-refractivity contribution is 6.30. The van der Waals surface area contributed by atoms with Crippen molar-refractivity contribution in [2.75, 3.05) is 12.4 Å². The lowest BCUT2D eigenvalue weighted by molar-refractivity contribution is 0.101. The van der Waals surface area contributed by atoms with Crippen LogP contribution in [0.25, 0.3) is 0 Å². The maximum Gasteiger partial charge on any atom is 0.295 e. The average Bonchev–Trinajstić information content (AvgIpc) is 3.10. The molecule has 2 N–H and O–H groups in total. The highest BCUT2D eigenvalue weighted by Crippen LogP contribution is 2.19. The van der Waals surface area contributed by atoms with E-state index < -0.39 is 12.0 Å². The minimum Gasteiger partial charge on any atom is -0.497 e. The molecule has 3 rings (SSSR count). The molecule has 3 aromatic rings. The fraction of sp³-hybridized carbons (Fsp3) is 0.167. The number of hydrogen-bond donors (Lipinski definition) is 2. The predicted molar refractivity (Wildman–Crippen MR) is 97.4 cm³/mol. The van der Waals surface area contributed by atoms with E-state index in [4.69, 9.17) is 16.3 Å². The largest absolute Gasteiger partial charge is 0.497 e. The van der Waals surface area contributed by atoms with Crippen LogP contribution in [0.1, 0.15) is 22.3 Å². The predicted octanol–water partition coefficient (Wildman–Crippen LogP) is 2.93. The van der Waals surface area contributed by atoms with Gasteiger partial charge < -0.3 is 15.2 Å². The molecule has 8 heteroatoms. The molecule has 0 radical (unpaired) electrons. The summed E-state index contributed by atoms with van der Waals surface area (Å²) in [4.78, 5) is 16.2. The number of ether oxygens (including phenoxy) is 1. The molecule has 1 aromatic heterocycles. The van der Waals surface area contributed by atoms with Gasteiger partial charge in [-0.05, 0) is 35.9 Å². The molecule has 0 unspecified atom stereocenters. The summed E-state index contributed by atoms with van der Waals surface area (Å²) in [5.74, 6) is 0.263. The first-order chi connectivity index (χ1) is 12.5. The van der Waals surface area contributed by atoms with Crippen molar-refractivity contribution in [2.24, 2.45) is 0 Å². The molecule has 2 aromatic carbocycles. The van der Waals surface area contributed by atoms with Crippen LogP contribution in [0.3, 0.4) is 0 Å². The molecule has 0 aliphatic carbocycles. The van der Waals surface area contributed by atoms with Gasteiger partial charge in [0.2, 0.25) is 5.82 Å². The standard InChI is InChI=1S/C18H17ClN4O3/c1-26-15-7-5-12(6-8-15)16(24)10-23-11-20-17(22-23)18(25)21-14-4-2-3-13(19)9-14/h2-9,11,16,24H,10H2,1H3,(H,21,25)/t16-/m1/s1. The summed E-state index contributed by atoms with van der Waals surface area (Å²) in [6.07, 6.45) is 0.617. The first-order valence-electron chi connectivity index (χ1n) is 7.83. The van der Waals surface area contributed by atoms with E-state index in [-0.39, 0.29) is 12.4 Å². The molecule has 26 heavy (non-hydrogen) atoms. The maximum absolute atomic E-state index is 12.2. The number of anilines is 1. The average molecular weight is 373 g/mol. The highest BCUT2D eigenvalue weighted by Gasteiger charge is 2.14. The van der Waals surface area contributed by atoms with Crippen molar-refractivity contribution < 1.29 is 14.6 Å². The number of nitrogens with one attached hydrogen (secondary N) is 1. The van der Waals surface area contributed by atoms with Gasteiger partial charge in [0.25, 0.3) is 5.91 Å². The quantitative estimate of drug-likeness (QED) is 0.694. The summed E-state index contributed by atoms with van der Waals surface area (Å²) in [5.41, 5.74) is 1.27. The highest BCUT2D eigenvalue weighted by atomic mass is 35.5. The zero-order chi connectivity index (χ0) is 18.5. The Hall–Kier alpha value is -2.90. The maximum atomic E-state index is 12.2. The fourth-order valence-electron chi connectivity index (χ4n) is 2.35. The molecule has 7 nitrogen and oxygen atoms in total. The second-order valence-corrected chi connectivity index (χ2v) is 5.98. The van der Waals surface area contributed by atoms with Crippen LogP contribution in [0.15, 0.2) is 54.9 Å². The number of methoxy groups -OCH3 is 1. The zero-order valence-corrected chi connectivity index (χ0v) is 14.7. The Balaban J connectivity index is 1.64.